The van der Waals surface area contributed by atoms with Crippen LogP contribution in [0.4, 0.5) is 5.82 Å². The summed E-state index contributed by atoms with van der Waals surface area (Å²) in [6.45, 7) is 1.51. The molecular weight excluding hydrogens is 246 g/mol. The second kappa shape index (κ2) is 5.05. The van der Waals surface area contributed by atoms with Gasteiger partial charge in [-0.25, -0.2) is 14.6 Å². The van der Waals surface area contributed by atoms with Crippen LogP contribution in [0.25, 0.3) is 11.4 Å². The number of anilines is 1. The Morgan fingerprint density at radius 2 is 2.21 bits per heavy atom. The van der Waals surface area contributed by atoms with Crippen molar-refractivity contribution in [2.75, 3.05) is 19.0 Å². The third-order valence-electron chi connectivity index (χ3n) is 2.51. The van der Waals surface area contributed by atoms with Crippen LogP contribution in [0, 0.1) is 6.92 Å². The number of aryl methyl sites for hydroxylation is 1. The Balaban J connectivity index is 2.55. The van der Waals surface area contributed by atoms with Crippen LogP contribution in [0.1, 0.15) is 5.82 Å². The molecule has 2 heterocycles. The van der Waals surface area contributed by atoms with Crippen molar-refractivity contribution in [2.45, 2.75) is 13.5 Å². The fourth-order valence-electron chi connectivity index (χ4n) is 1.82. The summed E-state index contributed by atoms with van der Waals surface area (Å²) in [6.07, 6.45) is 1.68. The average Bonchev–Trinajstić information content (AvgIpc) is 2.69. The Hall–Kier alpha value is -2.44. The number of carboxylic acids is 1. The molecule has 0 fully saturated rings. The van der Waals surface area contributed by atoms with Gasteiger partial charge in [-0.05, 0) is 19.1 Å². The number of nitrogens with zero attached hydrogens (tertiary/aromatic N) is 5. The van der Waals surface area contributed by atoms with Crippen molar-refractivity contribution in [3.05, 3.63) is 24.2 Å². The van der Waals surface area contributed by atoms with E-state index in [0.29, 0.717) is 11.6 Å². The molecule has 2 aromatic rings. The monoisotopic (exact) mass is 261 g/mol. The van der Waals surface area contributed by atoms with E-state index in [9.17, 15) is 4.79 Å². The van der Waals surface area contributed by atoms with Gasteiger partial charge in [0.2, 0.25) is 0 Å². The van der Waals surface area contributed by atoms with Crippen LogP contribution in [0.2, 0.25) is 0 Å². The van der Waals surface area contributed by atoms with Crippen molar-refractivity contribution in [1.82, 2.24) is 19.7 Å². The van der Waals surface area contributed by atoms with Crippen LogP contribution >= 0.6 is 0 Å². The Bertz CT molecular complexity index is 606. The normalized spacial score (nSPS) is 10.5. The van der Waals surface area contributed by atoms with Crippen LogP contribution < -0.4 is 4.90 Å². The smallest absolute Gasteiger partial charge is 0.325 e. The first-order chi connectivity index (χ1) is 8.99. The van der Waals surface area contributed by atoms with Crippen molar-refractivity contribution < 1.29 is 9.90 Å². The molecule has 7 heteroatoms. The first-order valence-electron chi connectivity index (χ1n) is 5.75. The van der Waals surface area contributed by atoms with E-state index >= 15 is 0 Å². The maximum Gasteiger partial charge on any atom is 0.325 e. The van der Waals surface area contributed by atoms with Crippen molar-refractivity contribution in [3.63, 3.8) is 0 Å². The van der Waals surface area contributed by atoms with E-state index in [4.69, 9.17) is 5.11 Å². The molecule has 0 amide bonds. The molecule has 0 aliphatic rings. The lowest BCUT2D eigenvalue weighted by Gasteiger charge is -2.15. The summed E-state index contributed by atoms with van der Waals surface area (Å²) in [5, 5.41) is 13.0. The summed E-state index contributed by atoms with van der Waals surface area (Å²) in [5.74, 6) is 0.810. The zero-order valence-corrected chi connectivity index (χ0v) is 11.0. The van der Waals surface area contributed by atoms with Gasteiger partial charge in [-0.15, -0.1) is 0 Å². The summed E-state index contributed by atoms with van der Waals surface area (Å²) in [4.78, 5) is 21.3. The van der Waals surface area contributed by atoms with Gasteiger partial charge in [-0.1, -0.05) is 0 Å². The molecule has 0 atom stereocenters. The fourth-order valence-corrected chi connectivity index (χ4v) is 1.82. The van der Waals surface area contributed by atoms with E-state index < -0.39 is 5.97 Å². The minimum Gasteiger partial charge on any atom is -0.480 e. The molecule has 0 unspecified atom stereocenters. The SMILES string of the molecule is Cc1nc(-c2cccnc2N(C)C)n(CC(=O)O)n1. The second-order valence-corrected chi connectivity index (χ2v) is 4.30. The largest absolute Gasteiger partial charge is 0.480 e. The number of hydrogen-bond acceptors (Lipinski definition) is 5. The van der Waals surface area contributed by atoms with Gasteiger partial charge in [-0.2, -0.15) is 5.10 Å². The number of carboxylic acid groups (broad SMARTS) is 1. The highest BCUT2D eigenvalue weighted by Gasteiger charge is 2.17. The van der Waals surface area contributed by atoms with E-state index in [-0.39, 0.29) is 6.54 Å². The Kier molecular flexibility index (Phi) is 3.46. The van der Waals surface area contributed by atoms with E-state index in [0.717, 1.165) is 11.4 Å². The van der Waals surface area contributed by atoms with Gasteiger partial charge in [0, 0.05) is 20.3 Å². The van der Waals surface area contributed by atoms with Crippen molar-refractivity contribution >= 4 is 11.8 Å². The number of aliphatic carboxylic acids is 1. The predicted octanol–water partition coefficient (Wildman–Crippen LogP) is 0.799. The molecule has 0 aliphatic carbocycles. The number of rotatable bonds is 4. The van der Waals surface area contributed by atoms with E-state index in [1.807, 2.05) is 25.1 Å². The number of hydrogen-bond donors (Lipinski definition) is 1. The van der Waals surface area contributed by atoms with Crippen LogP contribution in [-0.4, -0.2) is 44.9 Å². The van der Waals surface area contributed by atoms with Crippen LogP contribution in [-0.2, 0) is 11.3 Å². The molecule has 2 rings (SSSR count). The van der Waals surface area contributed by atoms with Gasteiger partial charge in [0.1, 0.15) is 18.2 Å². The highest BCUT2D eigenvalue weighted by atomic mass is 16.4. The van der Waals surface area contributed by atoms with Crippen molar-refractivity contribution in [2.24, 2.45) is 0 Å². The summed E-state index contributed by atoms with van der Waals surface area (Å²) in [7, 11) is 3.74. The molecule has 0 saturated heterocycles. The molecule has 100 valence electrons. The highest BCUT2D eigenvalue weighted by Crippen LogP contribution is 2.26. The fraction of sp³-hybridized carbons (Fsp3) is 0.333. The van der Waals surface area contributed by atoms with Gasteiger partial charge in [-0.3, -0.25) is 4.79 Å². The average molecular weight is 261 g/mol. The topological polar surface area (TPSA) is 84.1 Å². The second-order valence-electron chi connectivity index (χ2n) is 4.30. The van der Waals surface area contributed by atoms with E-state index in [1.54, 1.807) is 19.2 Å². The van der Waals surface area contributed by atoms with E-state index in [1.165, 1.54) is 4.68 Å². The molecule has 0 bridgehead atoms. The lowest BCUT2D eigenvalue weighted by Crippen LogP contribution is -2.15. The molecule has 0 aliphatic heterocycles. The zero-order valence-electron chi connectivity index (χ0n) is 11.0. The lowest BCUT2D eigenvalue weighted by molar-refractivity contribution is -0.137. The minimum absolute atomic E-state index is 0.224. The third-order valence-corrected chi connectivity index (χ3v) is 2.51. The molecule has 2 aromatic heterocycles. The first-order valence-corrected chi connectivity index (χ1v) is 5.75. The quantitative estimate of drug-likeness (QED) is 0.876. The first kappa shape index (κ1) is 13.0. The number of pyridine rings is 1. The van der Waals surface area contributed by atoms with Crippen LogP contribution in [0.15, 0.2) is 18.3 Å². The molecule has 0 aromatic carbocycles. The van der Waals surface area contributed by atoms with Gasteiger partial charge >= 0.3 is 5.97 Å². The molecular formula is C12H15N5O2. The van der Waals surface area contributed by atoms with Gasteiger partial charge in [0.15, 0.2) is 5.82 Å². The highest BCUT2D eigenvalue weighted by molar-refractivity contribution is 5.72. The minimum atomic E-state index is -0.957. The Morgan fingerprint density at radius 3 is 2.84 bits per heavy atom. The zero-order chi connectivity index (χ0) is 14.0. The molecule has 0 radical (unpaired) electrons. The van der Waals surface area contributed by atoms with Gasteiger partial charge in [0.25, 0.3) is 0 Å². The van der Waals surface area contributed by atoms with Crippen molar-refractivity contribution in [1.29, 1.82) is 0 Å². The Morgan fingerprint density at radius 1 is 1.47 bits per heavy atom. The molecule has 7 nitrogen and oxygen atoms in total. The molecule has 0 saturated carbocycles. The molecule has 0 spiro atoms. The number of aromatic nitrogens is 4. The molecule has 1 N–H and O–H groups in total. The summed E-state index contributed by atoms with van der Waals surface area (Å²) in [5.41, 5.74) is 0.759. The van der Waals surface area contributed by atoms with E-state index in [2.05, 4.69) is 15.1 Å². The Labute approximate surface area is 110 Å². The van der Waals surface area contributed by atoms with Gasteiger partial charge < -0.3 is 10.0 Å². The summed E-state index contributed by atoms with van der Waals surface area (Å²) < 4.78 is 1.38. The van der Waals surface area contributed by atoms with Crippen LogP contribution in [0.5, 0.6) is 0 Å². The van der Waals surface area contributed by atoms with Gasteiger partial charge in [0.05, 0.1) is 5.56 Å². The number of carbonyl (C=O) groups is 1. The molecule has 19 heavy (non-hydrogen) atoms. The third kappa shape index (κ3) is 2.70. The maximum atomic E-state index is 10.9. The summed E-state index contributed by atoms with van der Waals surface area (Å²) >= 11 is 0. The predicted molar refractivity (Wildman–Crippen MR) is 70.0 cm³/mol. The lowest BCUT2D eigenvalue weighted by atomic mass is 10.2. The van der Waals surface area contributed by atoms with Crippen LogP contribution in [0.3, 0.4) is 0 Å². The maximum absolute atomic E-state index is 10.9. The summed E-state index contributed by atoms with van der Waals surface area (Å²) in [6, 6.07) is 3.64. The standard InChI is InChI=1S/C12H15N5O2/c1-8-14-12(17(15-8)7-10(18)19)9-5-4-6-13-11(9)16(2)3/h4-6H,7H2,1-3H3,(H,18,19). The van der Waals surface area contributed by atoms with Crippen molar-refractivity contribution in [3.8, 4) is 11.4 Å².